The van der Waals surface area contributed by atoms with Crippen LogP contribution in [0.25, 0.3) is 11.0 Å². The Balaban J connectivity index is 1.57. The smallest absolute Gasteiger partial charge is 0.201 e. The number of aromatic amines is 1. The first-order chi connectivity index (χ1) is 9.85. The number of benzene rings is 1. The fraction of sp³-hybridized carbons (Fsp3) is 0.286. The van der Waals surface area contributed by atoms with E-state index < -0.39 is 0 Å². The molecule has 0 saturated heterocycles. The zero-order valence-electron chi connectivity index (χ0n) is 11.3. The predicted octanol–water partition coefficient (Wildman–Crippen LogP) is 2.27. The fourth-order valence-corrected chi connectivity index (χ4v) is 2.09. The van der Waals surface area contributed by atoms with Gasteiger partial charge in [0.05, 0.1) is 24.5 Å². The van der Waals surface area contributed by atoms with Crippen molar-refractivity contribution < 1.29 is 4.74 Å². The molecule has 2 N–H and O–H groups in total. The Hall–Kier alpha value is -2.50. The Morgan fingerprint density at radius 2 is 2.35 bits per heavy atom. The molecule has 3 rings (SSSR count). The number of imidazole rings is 2. The second-order valence-corrected chi connectivity index (χ2v) is 4.55. The molecule has 2 aromatic heterocycles. The van der Waals surface area contributed by atoms with Gasteiger partial charge in [-0.1, -0.05) is 0 Å². The molecule has 0 unspecified atom stereocenters. The van der Waals surface area contributed by atoms with Crippen molar-refractivity contribution in [1.82, 2.24) is 19.5 Å². The Morgan fingerprint density at radius 3 is 3.15 bits per heavy atom. The molecule has 104 valence electrons. The van der Waals surface area contributed by atoms with Crippen molar-refractivity contribution in [2.75, 3.05) is 19.0 Å². The number of nitrogens with one attached hydrogen (secondary N) is 2. The molecular formula is C14H17N5O. The van der Waals surface area contributed by atoms with Crippen molar-refractivity contribution >= 4 is 17.0 Å². The van der Waals surface area contributed by atoms with Crippen LogP contribution in [0.1, 0.15) is 6.42 Å². The molecule has 3 aromatic rings. The summed E-state index contributed by atoms with van der Waals surface area (Å²) in [5, 5.41) is 3.29. The molecule has 6 nitrogen and oxygen atoms in total. The first kappa shape index (κ1) is 12.5. The van der Waals surface area contributed by atoms with E-state index in [1.165, 1.54) is 0 Å². The minimum Gasteiger partial charge on any atom is -0.497 e. The Bertz CT molecular complexity index is 674. The fourth-order valence-electron chi connectivity index (χ4n) is 2.09. The molecule has 0 amide bonds. The molecule has 6 heteroatoms. The third-order valence-electron chi connectivity index (χ3n) is 3.13. The summed E-state index contributed by atoms with van der Waals surface area (Å²) in [6.07, 6.45) is 6.59. The molecular weight excluding hydrogens is 254 g/mol. The highest BCUT2D eigenvalue weighted by molar-refractivity contribution is 5.79. The van der Waals surface area contributed by atoms with Crippen molar-refractivity contribution in [3.05, 3.63) is 36.9 Å². The van der Waals surface area contributed by atoms with Gasteiger partial charge < -0.3 is 19.6 Å². The van der Waals surface area contributed by atoms with Crippen LogP contribution >= 0.6 is 0 Å². The molecule has 0 aliphatic heterocycles. The summed E-state index contributed by atoms with van der Waals surface area (Å²) < 4.78 is 7.26. The van der Waals surface area contributed by atoms with Crippen molar-refractivity contribution in [3.63, 3.8) is 0 Å². The lowest BCUT2D eigenvalue weighted by Gasteiger charge is -2.03. The summed E-state index contributed by atoms with van der Waals surface area (Å²) in [4.78, 5) is 11.7. The van der Waals surface area contributed by atoms with Crippen LogP contribution < -0.4 is 10.1 Å². The van der Waals surface area contributed by atoms with E-state index in [0.29, 0.717) is 0 Å². The summed E-state index contributed by atoms with van der Waals surface area (Å²) in [6, 6.07) is 5.80. The van der Waals surface area contributed by atoms with E-state index >= 15 is 0 Å². The van der Waals surface area contributed by atoms with Gasteiger partial charge in [-0.3, -0.25) is 0 Å². The van der Waals surface area contributed by atoms with Crippen LogP contribution in [0.3, 0.4) is 0 Å². The van der Waals surface area contributed by atoms with Gasteiger partial charge in [0.15, 0.2) is 0 Å². The maximum atomic E-state index is 5.19. The molecule has 0 atom stereocenters. The van der Waals surface area contributed by atoms with Gasteiger partial charge in [-0.2, -0.15) is 0 Å². The first-order valence-corrected chi connectivity index (χ1v) is 6.58. The number of nitrogens with zero attached hydrogens (tertiary/aromatic N) is 3. The largest absolute Gasteiger partial charge is 0.497 e. The summed E-state index contributed by atoms with van der Waals surface area (Å²) in [6.45, 7) is 1.80. The number of H-pyrrole nitrogens is 1. The molecule has 2 heterocycles. The molecule has 0 bridgehead atoms. The van der Waals surface area contributed by atoms with E-state index in [2.05, 4.69) is 24.8 Å². The number of hydrogen-bond acceptors (Lipinski definition) is 4. The second-order valence-electron chi connectivity index (χ2n) is 4.55. The van der Waals surface area contributed by atoms with Crippen LogP contribution in [0.15, 0.2) is 36.9 Å². The van der Waals surface area contributed by atoms with Gasteiger partial charge in [-0.25, -0.2) is 9.97 Å². The highest BCUT2D eigenvalue weighted by Gasteiger charge is 2.03. The maximum Gasteiger partial charge on any atom is 0.201 e. The van der Waals surface area contributed by atoms with E-state index in [4.69, 9.17) is 4.74 Å². The summed E-state index contributed by atoms with van der Waals surface area (Å²) in [7, 11) is 1.66. The van der Waals surface area contributed by atoms with Gasteiger partial charge in [0, 0.05) is 31.5 Å². The van der Waals surface area contributed by atoms with Gasteiger partial charge in [0.25, 0.3) is 0 Å². The SMILES string of the molecule is COc1ccc2nc(NCCCn3ccnc3)[nH]c2c1. The highest BCUT2D eigenvalue weighted by Crippen LogP contribution is 2.20. The van der Waals surface area contributed by atoms with E-state index in [-0.39, 0.29) is 0 Å². The number of hydrogen-bond donors (Lipinski definition) is 2. The molecule has 0 aliphatic carbocycles. The quantitative estimate of drug-likeness (QED) is 0.675. The van der Waals surface area contributed by atoms with Crippen LogP contribution in [0.5, 0.6) is 5.75 Å². The van der Waals surface area contributed by atoms with Crippen LogP contribution in [-0.2, 0) is 6.54 Å². The number of aromatic nitrogens is 4. The minimum absolute atomic E-state index is 0.791. The zero-order chi connectivity index (χ0) is 13.8. The van der Waals surface area contributed by atoms with Gasteiger partial charge >= 0.3 is 0 Å². The average Bonchev–Trinajstić information content (AvgIpc) is 3.11. The van der Waals surface area contributed by atoms with Crippen LogP contribution in [0.2, 0.25) is 0 Å². The minimum atomic E-state index is 0.791. The van der Waals surface area contributed by atoms with Gasteiger partial charge in [0.1, 0.15) is 5.75 Å². The number of fused-ring (bicyclic) bond motifs is 1. The van der Waals surface area contributed by atoms with Crippen LogP contribution in [0, 0.1) is 0 Å². The molecule has 0 fully saturated rings. The average molecular weight is 271 g/mol. The van der Waals surface area contributed by atoms with E-state index in [1.807, 2.05) is 30.7 Å². The molecule has 1 aromatic carbocycles. The van der Waals surface area contributed by atoms with Gasteiger partial charge in [-0.15, -0.1) is 0 Å². The topological polar surface area (TPSA) is 67.8 Å². The molecule has 0 aliphatic rings. The monoisotopic (exact) mass is 271 g/mol. The number of aryl methyl sites for hydroxylation is 1. The lowest BCUT2D eigenvalue weighted by atomic mass is 10.3. The Kier molecular flexibility index (Phi) is 3.54. The van der Waals surface area contributed by atoms with Gasteiger partial charge in [-0.05, 0) is 18.6 Å². The third-order valence-corrected chi connectivity index (χ3v) is 3.13. The molecule has 0 spiro atoms. The number of anilines is 1. The van der Waals surface area contributed by atoms with Gasteiger partial charge in [0.2, 0.25) is 5.95 Å². The lowest BCUT2D eigenvalue weighted by Crippen LogP contribution is -2.06. The van der Waals surface area contributed by atoms with E-state index in [9.17, 15) is 0 Å². The first-order valence-electron chi connectivity index (χ1n) is 6.58. The Labute approximate surface area is 116 Å². The highest BCUT2D eigenvalue weighted by atomic mass is 16.5. The predicted molar refractivity (Wildman–Crippen MR) is 78.0 cm³/mol. The second kappa shape index (κ2) is 5.64. The lowest BCUT2D eigenvalue weighted by molar-refractivity contribution is 0.415. The van der Waals surface area contributed by atoms with Crippen molar-refractivity contribution in [2.24, 2.45) is 0 Å². The summed E-state index contributed by atoms with van der Waals surface area (Å²) in [5.41, 5.74) is 1.91. The third kappa shape index (κ3) is 2.74. The van der Waals surface area contributed by atoms with Crippen molar-refractivity contribution in [3.8, 4) is 5.75 Å². The zero-order valence-corrected chi connectivity index (χ0v) is 11.3. The summed E-state index contributed by atoms with van der Waals surface area (Å²) >= 11 is 0. The number of rotatable bonds is 6. The van der Waals surface area contributed by atoms with Crippen molar-refractivity contribution in [1.29, 1.82) is 0 Å². The number of ether oxygens (including phenoxy) is 1. The Morgan fingerprint density at radius 1 is 1.40 bits per heavy atom. The molecule has 0 saturated carbocycles. The maximum absolute atomic E-state index is 5.19. The standard InChI is InChI=1S/C14H17N5O/c1-20-11-3-4-12-13(9-11)18-14(17-12)16-5-2-7-19-8-6-15-10-19/h3-4,6,8-10H,2,5,7H2,1H3,(H2,16,17,18). The molecule has 20 heavy (non-hydrogen) atoms. The van der Waals surface area contributed by atoms with E-state index in [1.54, 1.807) is 13.3 Å². The molecule has 0 radical (unpaired) electrons. The van der Waals surface area contributed by atoms with Crippen LogP contribution in [0.4, 0.5) is 5.95 Å². The normalized spacial score (nSPS) is 10.8. The summed E-state index contributed by atoms with van der Waals surface area (Å²) in [5.74, 6) is 1.62. The van der Waals surface area contributed by atoms with E-state index in [0.717, 1.165) is 42.2 Å². The van der Waals surface area contributed by atoms with Crippen molar-refractivity contribution in [2.45, 2.75) is 13.0 Å². The number of methoxy groups -OCH3 is 1. The van der Waals surface area contributed by atoms with Crippen LogP contribution in [-0.4, -0.2) is 33.2 Å².